The lowest BCUT2D eigenvalue weighted by Gasteiger charge is -2.26. The maximum atomic E-state index is 13.8. The summed E-state index contributed by atoms with van der Waals surface area (Å²) in [5.41, 5.74) is 0. The number of nitrogens with zero attached hydrogens (tertiary/aromatic N) is 4. The van der Waals surface area contributed by atoms with Crippen LogP contribution in [0.5, 0.6) is 5.75 Å². The van der Waals surface area contributed by atoms with Gasteiger partial charge in [-0.3, -0.25) is 9.36 Å². The number of thioether (sulfide) groups is 1. The Kier molecular flexibility index (Phi) is 7.84. The maximum absolute atomic E-state index is 13.8. The second kappa shape index (κ2) is 10.6. The van der Waals surface area contributed by atoms with Crippen molar-refractivity contribution in [3.63, 3.8) is 0 Å². The summed E-state index contributed by atoms with van der Waals surface area (Å²) in [6, 6.07) is 6.13. The van der Waals surface area contributed by atoms with Crippen molar-refractivity contribution >= 4 is 17.7 Å². The molecule has 1 amide bonds. The SMILES string of the molecule is COC[C@H](C)n1c(COc2ccccc2F)nnc1SCC(=O)N1CCOCC1. The zero-order valence-corrected chi connectivity index (χ0v) is 17.4. The van der Waals surface area contributed by atoms with Crippen LogP contribution in [-0.2, 0) is 20.9 Å². The number of methoxy groups -OCH3 is 1. The van der Waals surface area contributed by atoms with Gasteiger partial charge >= 0.3 is 0 Å². The summed E-state index contributed by atoms with van der Waals surface area (Å²) in [7, 11) is 1.62. The van der Waals surface area contributed by atoms with E-state index in [0.29, 0.717) is 43.9 Å². The van der Waals surface area contributed by atoms with Crippen LogP contribution in [0.25, 0.3) is 0 Å². The summed E-state index contributed by atoms with van der Waals surface area (Å²) in [4.78, 5) is 14.2. The first kappa shape index (κ1) is 21.5. The number of benzene rings is 1. The Morgan fingerprint density at radius 1 is 1.31 bits per heavy atom. The zero-order chi connectivity index (χ0) is 20.6. The van der Waals surface area contributed by atoms with Crippen molar-refractivity contribution in [3.8, 4) is 5.75 Å². The predicted octanol–water partition coefficient (Wildman–Crippen LogP) is 2.15. The molecular weight excluding hydrogens is 399 g/mol. The van der Waals surface area contributed by atoms with Crippen molar-refractivity contribution in [2.24, 2.45) is 0 Å². The van der Waals surface area contributed by atoms with Gasteiger partial charge in [0, 0.05) is 20.2 Å². The van der Waals surface area contributed by atoms with Crippen LogP contribution in [0.3, 0.4) is 0 Å². The second-order valence-corrected chi connectivity index (χ2v) is 7.52. The molecule has 0 unspecified atom stereocenters. The molecule has 1 aromatic heterocycles. The minimum absolute atomic E-state index is 0.0383. The summed E-state index contributed by atoms with van der Waals surface area (Å²) >= 11 is 1.32. The summed E-state index contributed by atoms with van der Waals surface area (Å²) < 4.78 is 31.8. The van der Waals surface area contributed by atoms with Gasteiger partial charge in [-0.1, -0.05) is 23.9 Å². The number of carbonyl (C=O) groups is 1. The molecule has 0 spiro atoms. The largest absolute Gasteiger partial charge is 0.483 e. The van der Waals surface area contributed by atoms with E-state index >= 15 is 0 Å². The molecule has 1 atom stereocenters. The molecule has 2 aromatic rings. The van der Waals surface area contributed by atoms with Gasteiger partial charge in [-0.25, -0.2) is 4.39 Å². The maximum Gasteiger partial charge on any atom is 0.233 e. The summed E-state index contributed by atoms with van der Waals surface area (Å²) in [5.74, 6) is 0.550. The lowest BCUT2D eigenvalue weighted by Crippen LogP contribution is -2.41. The fraction of sp³-hybridized carbons (Fsp3) is 0.526. The Bertz CT molecular complexity index is 813. The molecule has 1 aliphatic rings. The number of rotatable bonds is 9. The number of morpholine rings is 1. The third-order valence-corrected chi connectivity index (χ3v) is 5.39. The highest BCUT2D eigenvalue weighted by Gasteiger charge is 2.22. The van der Waals surface area contributed by atoms with Crippen LogP contribution in [-0.4, -0.2) is 71.3 Å². The van der Waals surface area contributed by atoms with Gasteiger partial charge < -0.3 is 19.1 Å². The van der Waals surface area contributed by atoms with Crippen LogP contribution in [0.2, 0.25) is 0 Å². The number of para-hydroxylation sites is 1. The van der Waals surface area contributed by atoms with Crippen LogP contribution in [0.15, 0.2) is 29.4 Å². The van der Waals surface area contributed by atoms with E-state index in [4.69, 9.17) is 14.2 Å². The third kappa shape index (κ3) is 5.68. The molecule has 10 heteroatoms. The minimum Gasteiger partial charge on any atom is -0.483 e. The van der Waals surface area contributed by atoms with Gasteiger partial charge in [-0.2, -0.15) is 0 Å². The number of halogens is 1. The number of amides is 1. The van der Waals surface area contributed by atoms with E-state index in [1.807, 2.05) is 11.5 Å². The van der Waals surface area contributed by atoms with Crippen LogP contribution in [0.1, 0.15) is 18.8 Å². The van der Waals surface area contributed by atoms with Crippen LogP contribution in [0.4, 0.5) is 4.39 Å². The highest BCUT2D eigenvalue weighted by atomic mass is 32.2. The smallest absolute Gasteiger partial charge is 0.233 e. The summed E-state index contributed by atoms with van der Waals surface area (Å²) in [6.07, 6.45) is 0. The van der Waals surface area contributed by atoms with Crippen molar-refractivity contribution in [2.45, 2.75) is 24.7 Å². The molecule has 2 heterocycles. The van der Waals surface area contributed by atoms with Gasteiger partial charge in [-0.15, -0.1) is 10.2 Å². The standard InChI is InChI=1S/C19H25FN4O4S/c1-14(11-26-2)24-17(12-28-16-6-4-3-5-15(16)20)21-22-19(24)29-13-18(25)23-7-9-27-10-8-23/h3-6,14H,7-13H2,1-2H3/t14-/m0/s1. The van der Waals surface area contributed by atoms with Crippen molar-refractivity contribution in [3.05, 3.63) is 35.9 Å². The van der Waals surface area contributed by atoms with Crippen LogP contribution < -0.4 is 4.74 Å². The number of ether oxygens (including phenoxy) is 3. The second-order valence-electron chi connectivity index (χ2n) is 6.57. The van der Waals surface area contributed by atoms with E-state index in [9.17, 15) is 9.18 Å². The van der Waals surface area contributed by atoms with Crippen LogP contribution in [0, 0.1) is 5.82 Å². The Morgan fingerprint density at radius 2 is 2.07 bits per heavy atom. The van der Waals surface area contributed by atoms with Gasteiger partial charge in [-0.05, 0) is 19.1 Å². The summed E-state index contributed by atoms with van der Waals surface area (Å²) in [5, 5.41) is 9.02. The topological polar surface area (TPSA) is 78.7 Å². The molecule has 3 rings (SSSR count). The van der Waals surface area contributed by atoms with E-state index in [1.54, 1.807) is 30.2 Å². The monoisotopic (exact) mass is 424 g/mol. The van der Waals surface area contributed by atoms with Gasteiger partial charge in [0.15, 0.2) is 22.5 Å². The van der Waals surface area contributed by atoms with E-state index < -0.39 is 5.82 Å². The molecule has 1 saturated heterocycles. The highest BCUT2D eigenvalue weighted by molar-refractivity contribution is 7.99. The first-order valence-corrected chi connectivity index (χ1v) is 10.4. The number of aromatic nitrogens is 3. The normalized spacial score (nSPS) is 15.3. The van der Waals surface area contributed by atoms with Gasteiger partial charge in [0.05, 0.1) is 31.6 Å². The zero-order valence-electron chi connectivity index (χ0n) is 16.5. The molecule has 1 aliphatic heterocycles. The number of hydrogen-bond acceptors (Lipinski definition) is 7. The van der Waals surface area contributed by atoms with E-state index in [2.05, 4.69) is 10.2 Å². The third-order valence-electron chi connectivity index (χ3n) is 4.47. The Morgan fingerprint density at radius 3 is 2.79 bits per heavy atom. The van der Waals surface area contributed by atoms with E-state index in [-0.39, 0.29) is 30.1 Å². The quantitative estimate of drug-likeness (QED) is 0.571. The Hall–Kier alpha value is -2.17. The molecule has 0 aliphatic carbocycles. The molecule has 0 bridgehead atoms. The van der Waals surface area contributed by atoms with E-state index in [0.717, 1.165) is 0 Å². The minimum atomic E-state index is -0.436. The molecule has 1 fully saturated rings. The molecule has 158 valence electrons. The molecule has 0 radical (unpaired) electrons. The average molecular weight is 424 g/mol. The Labute approximate surface area is 173 Å². The lowest BCUT2D eigenvalue weighted by atomic mass is 10.3. The molecular formula is C19H25FN4O4S. The van der Waals surface area contributed by atoms with Crippen molar-refractivity contribution in [2.75, 3.05) is 45.8 Å². The van der Waals surface area contributed by atoms with Crippen molar-refractivity contribution in [1.29, 1.82) is 0 Å². The van der Waals surface area contributed by atoms with Gasteiger partial charge in [0.2, 0.25) is 5.91 Å². The predicted molar refractivity (Wildman–Crippen MR) is 105 cm³/mol. The van der Waals surface area contributed by atoms with Crippen LogP contribution >= 0.6 is 11.8 Å². The van der Waals surface area contributed by atoms with Gasteiger partial charge in [0.1, 0.15) is 6.61 Å². The number of hydrogen-bond donors (Lipinski definition) is 0. The summed E-state index contributed by atoms with van der Waals surface area (Å²) in [6.45, 7) is 4.80. The first-order chi connectivity index (χ1) is 14.1. The van der Waals surface area contributed by atoms with Crippen molar-refractivity contribution in [1.82, 2.24) is 19.7 Å². The molecule has 0 N–H and O–H groups in total. The number of carbonyl (C=O) groups excluding carboxylic acids is 1. The van der Waals surface area contributed by atoms with E-state index in [1.165, 1.54) is 17.8 Å². The fourth-order valence-electron chi connectivity index (χ4n) is 3.00. The molecule has 1 aromatic carbocycles. The molecule has 8 nitrogen and oxygen atoms in total. The Balaban J connectivity index is 1.69. The molecule has 0 saturated carbocycles. The highest BCUT2D eigenvalue weighted by Crippen LogP contribution is 2.24. The fourth-order valence-corrected chi connectivity index (χ4v) is 3.96. The van der Waals surface area contributed by atoms with Gasteiger partial charge in [0.25, 0.3) is 0 Å². The molecule has 29 heavy (non-hydrogen) atoms. The first-order valence-electron chi connectivity index (χ1n) is 9.38. The average Bonchev–Trinajstić information content (AvgIpc) is 3.15. The van der Waals surface area contributed by atoms with Crippen molar-refractivity contribution < 1.29 is 23.4 Å². The lowest BCUT2D eigenvalue weighted by molar-refractivity contribution is -0.132.